The lowest BCUT2D eigenvalue weighted by molar-refractivity contribution is -0.351. The Labute approximate surface area is 258 Å². The molecule has 2 aliphatic heterocycles. The molecule has 250 valence electrons. The first-order chi connectivity index (χ1) is 21.7. The van der Waals surface area contributed by atoms with E-state index in [4.69, 9.17) is 32.8 Å². The number of carboxylic acids is 1. The summed E-state index contributed by atoms with van der Waals surface area (Å²) < 4.78 is 38.4. The highest BCUT2D eigenvalue weighted by Gasteiger charge is 2.52. The van der Waals surface area contributed by atoms with Crippen LogP contribution in [0.1, 0.15) is 6.92 Å². The molecule has 2 aliphatic rings. The molecule has 46 heavy (non-hydrogen) atoms. The molecule has 0 radical (unpaired) electrons. The van der Waals surface area contributed by atoms with Crippen molar-refractivity contribution in [3.8, 4) is 40.1 Å². The van der Waals surface area contributed by atoms with Crippen molar-refractivity contribution >= 4 is 16.9 Å². The molecular weight excluding hydrogens is 620 g/mol. The first-order valence-electron chi connectivity index (χ1n) is 13.8. The monoisotopic (exact) mass is 652 g/mol. The molecule has 2 saturated heterocycles. The summed E-state index contributed by atoms with van der Waals surface area (Å²) in [6, 6.07) is 5.96. The van der Waals surface area contributed by atoms with Crippen LogP contribution in [-0.2, 0) is 19.0 Å². The highest BCUT2D eigenvalue weighted by atomic mass is 16.8. The fraction of sp³-hybridized carbons (Fsp3) is 0.448. The highest BCUT2D eigenvalue weighted by Crippen LogP contribution is 2.41. The van der Waals surface area contributed by atoms with Gasteiger partial charge in [-0.05, 0) is 19.1 Å². The quantitative estimate of drug-likeness (QED) is 0.145. The third-order valence-corrected chi connectivity index (χ3v) is 7.69. The fourth-order valence-corrected chi connectivity index (χ4v) is 5.18. The third-order valence-electron chi connectivity index (χ3n) is 7.69. The lowest BCUT2D eigenvalue weighted by Crippen LogP contribution is -2.65. The summed E-state index contributed by atoms with van der Waals surface area (Å²) in [6.45, 7) is 1.37. The third kappa shape index (κ3) is 6.02. The normalized spacial score (nSPS) is 31.4. The predicted octanol–water partition coefficient (Wildman–Crippen LogP) is -0.989. The number of aromatic hydroxyl groups is 2. The Morgan fingerprint density at radius 3 is 2.07 bits per heavy atom. The Bertz CT molecular complexity index is 1630. The minimum atomic E-state index is -2.05. The zero-order valence-corrected chi connectivity index (χ0v) is 24.4. The minimum absolute atomic E-state index is 0.00901. The average Bonchev–Trinajstić information content (AvgIpc) is 3.01. The second-order valence-corrected chi connectivity index (χ2v) is 10.7. The Hall–Kier alpha value is -4.20. The number of hydrogen-bond acceptors (Lipinski definition) is 16. The minimum Gasteiger partial charge on any atom is -0.507 e. The van der Waals surface area contributed by atoms with Crippen molar-refractivity contribution in [2.24, 2.45) is 0 Å². The van der Waals surface area contributed by atoms with Crippen molar-refractivity contribution in [1.29, 1.82) is 0 Å². The van der Waals surface area contributed by atoms with Gasteiger partial charge in [-0.2, -0.15) is 0 Å². The van der Waals surface area contributed by atoms with Crippen LogP contribution in [0.25, 0.3) is 22.3 Å². The Morgan fingerprint density at radius 2 is 1.46 bits per heavy atom. The lowest BCUT2D eigenvalue weighted by atomic mass is 9.97. The molecule has 17 nitrogen and oxygen atoms in total. The van der Waals surface area contributed by atoms with Crippen molar-refractivity contribution in [2.45, 2.75) is 68.3 Å². The largest absolute Gasteiger partial charge is 0.507 e. The van der Waals surface area contributed by atoms with E-state index in [9.17, 15) is 50.4 Å². The number of fused-ring (bicyclic) bond motifs is 1. The summed E-state index contributed by atoms with van der Waals surface area (Å²) in [5.74, 6) is -2.89. The van der Waals surface area contributed by atoms with Crippen LogP contribution in [-0.4, -0.2) is 122 Å². The van der Waals surface area contributed by atoms with Crippen LogP contribution >= 0.6 is 0 Å². The summed E-state index contributed by atoms with van der Waals surface area (Å²) in [7, 11) is 2.61. The smallest absolute Gasteiger partial charge is 0.335 e. The molecule has 10 atom stereocenters. The molecular formula is C29H32O17. The van der Waals surface area contributed by atoms with Gasteiger partial charge in [-0.15, -0.1) is 0 Å². The molecule has 0 saturated carbocycles. The van der Waals surface area contributed by atoms with Crippen LogP contribution in [0.5, 0.6) is 28.7 Å². The summed E-state index contributed by atoms with van der Waals surface area (Å²) in [5.41, 5.74) is -0.650. The highest BCUT2D eigenvalue weighted by molar-refractivity contribution is 5.86. The van der Waals surface area contributed by atoms with Crippen molar-refractivity contribution < 1.29 is 78.5 Å². The first-order valence-corrected chi connectivity index (χ1v) is 13.8. The van der Waals surface area contributed by atoms with Gasteiger partial charge in [0.15, 0.2) is 35.4 Å². The molecule has 3 heterocycles. The topological polar surface area (TPSA) is 264 Å². The van der Waals surface area contributed by atoms with E-state index in [1.165, 1.54) is 33.3 Å². The van der Waals surface area contributed by atoms with Gasteiger partial charge in [0.1, 0.15) is 58.7 Å². The second kappa shape index (κ2) is 12.9. The van der Waals surface area contributed by atoms with Gasteiger partial charge in [0.05, 0.1) is 20.3 Å². The number of benzene rings is 2. The van der Waals surface area contributed by atoms with Crippen molar-refractivity contribution in [1.82, 2.24) is 0 Å². The van der Waals surface area contributed by atoms with Gasteiger partial charge < -0.3 is 73.7 Å². The van der Waals surface area contributed by atoms with Gasteiger partial charge in [0.2, 0.25) is 12.0 Å². The molecule has 0 spiro atoms. The van der Waals surface area contributed by atoms with Crippen LogP contribution in [0.15, 0.2) is 39.5 Å². The van der Waals surface area contributed by atoms with Crippen LogP contribution in [0, 0.1) is 0 Å². The number of aliphatic hydroxyl groups is 5. The Morgan fingerprint density at radius 1 is 0.804 bits per heavy atom. The molecule has 17 heteroatoms. The lowest BCUT2D eigenvalue weighted by Gasteiger charge is -2.45. The van der Waals surface area contributed by atoms with Gasteiger partial charge in [0.25, 0.3) is 0 Å². The maximum Gasteiger partial charge on any atom is 0.335 e. The second-order valence-electron chi connectivity index (χ2n) is 10.7. The van der Waals surface area contributed by atoms with Gasteiger partial charge in [-0.25, -0.2) is 4.79 Å². The standard InChI is InChI=1S/C29H32O17/c1-9-19(32)21(34)24(37)28(42-9)46-26-23(36)22(35)25(27(38)39)45-29(26)43-11-6-12(30)18-13(31)8-14(44-15(18)7-11)10-4-16(40-2)20(33)17(5-10)41-3/h4-9,19,21-26,28-30,32-37H,1-3H3,(H,38,39)/t9-,19-,21+,22+,23-,24+,25-,26+,28-,29+/m0/s1. The number of hydrogen-bond donors (Lipinski definition) is 8. The molecule has 0 unspecified atom stereocenters. The van der Waals surface area contributed by atoms with Crippen molar-refractivity contribution in [3.63, 3.8) is 0 Å². The summed E-state index contributed by atoms with van der Waals surface area (Å²) in [5, 5.41) is 82.2. The molecule has 0 aliphatic carbocycles. The number of aliphatic hydroxyl groups excluding tert-OH is 5. The fourth-order valence-electron chi connectivity index (χ4n) is 5.18. The van der Waals surface area contributed by atoms with Crippen LogP contribution in [0.2, 0.25) is 0 Å². The first kappa shape index (κ1) is 33.2. The van der Waals surface area contributed by atoms with Crippen LogP contribution < -0.4 is 19.6 Å². The molecule has 0 bridgehead atoms. The number of aliphatic carboxylic acids is 1. The van der Waals surface area contributed by atoms with Crippen molar-refractivity contribution in [2.75, 3.05) is 14.2 Å². The van der Waals surface area contributed by atoms with Gasteiger partial charge in [0, 0.05) is 23.8 Å². The zero-order valence-electron chi connectivity index (χ0n) is 24.4. The summed E-state index contributed by atoms with van der Waals surface area (Å²) in [4.78, 5) is 24.8. The summed E-state index contributed by atoms with van der Waals surface area (Å²) >= 11 is 0. The molecule has 2 aromatic carbocycles. The maximum atomic E-state index is 13.0. The molecule has 2 fully saturated rings. The number of carboxylic acid groups (broad SMARTS) is 1. The molecule has 8 N–H and O–H groups in total. The van der Waals surface area contributed by atoms with Gasteiger partial charge in [-0.3, -0.25) is 4.79 Å². The van der Waals surface area contributed by atoms with E-state index in [-0.39, 0.29) is 45.3 Å². The number of rotatable bonds is 8. The van der Waals surface area contributed by atoms with Gasteiger partial charge >= 0.3 is 5.97 Å². The van der Waals surface area contributed by atoms with E-state index in [0.717, 1.165) is 18.2 Å². The number of ether oxygens (including phenoxy) is 6. The van der Waals surface area contributed by atoms with Crippen LogP contribution in [0.3, 0.4) is 0 Å². The molecule has 5 rings (SSSR count). The maximum absolute atomic E-state index is 13.0. The number of phenols is 2. The number of carbonyl (C=O) groups is 1. The van der Waals surface area contributed by atoms with E-state index < -0.39 is 78.6 Å². The predicted molar refractivity (Wildman–Crippen MR) is 151 cm³/mol. The number of phenolic OH excluding ortho intramolecular Hbond substituents is 2. The van der Waals surface area contributed by atoms with Crippen LogP contribution in [0.4, 0.5) is 0 Å². The van der Waals surface area contributed by atoms with Gasteiger partial charge in [-0.1, -0.05) is 0 Å². The Balaban J connectivity index is 1.52. The van der Waals surface area contributed by atoms with E-state index in [2.05, 4.69) is 0 Å². The average molecular weight is 653 g/mol. The zero-order chi connectivity index (χ0) is 33.6. The van der Waals surface area contributed by atoms with E-state index in [1.54, 1.807) is 0 Å². The molecule has 1 aromatic heterocycles. The van der Waals surface area contributed by atoms with Crippen molar-refractivity contribution in [3.05, 3.63) is 40.6 Å². The van der Waals surface area contributed by atoms with E-state index in [1.807, 2.05) is 0 Å². The number of methoxy groups -OCH3 is 2. The molecule has 3 aromatic rings. The van der Waals surface area contributed by atoms with E-state index in [0.29, 0.717) is 0 Å². The van der Waals surface area contributed by atoms with E-state index >= 15 is 0 Å². The summed E-state index contributed by atoms with van der Waals surface area (Å²) in [6.07, 6.45) is -17.6. The Kier molecular flexibility index (Phi) is 9.30. The SMILES string of the molecule is COc1cc(-c2cc(=O)c3c(O)cc(O[C@@H]4O[C@H](C(=O)O)[C@H](O)[C@H](O)[C@H]4O[C@@H]4O[C@@H](C)[C@H](O)[C@@H](O)[C@H]4O)cc3o2)cc(OC)c1O. The molecule has 0 amide bonds.